The molecule has 5 heavy (non-hydrogen) atoms. The van der Waals surface area contributed by atoms with Crippen molar-refractivity contribution in [2.75, 3.05) is 0 Å². The molecular formula is C3H3Cl2. The lowest BCUT2D eigenvalue weighted by Gasteiger charge is -1.60. The van der Waals surface area contributed by atoms with Gasteiger partial charge in [0.15, 0.2) is 0 Å². The minimum atomic E-state index is 0.205. The fourth-order valence-electron chi connectivity index (χ4n) is 0.112. The van der Waals surface area contributed by atoms with Crippen molar-refractivity contribution >= 4 is 23.2 Å². The maximum Gasteiger partial charge on any atom is 0.0830 e. The first-order chi connectivity index (χ1) is 2.30. The molecule has 1 aliphatic carbocycles. The van der Waals surface area contributed by atoms with E-state index in [-0.39, 0.29) is 5.38 Å². The number of hydrogen-bond acceptors (Lipinski definition) is 0. The molecule has 1 fully saturated rings. The van der Waals surface area contributed by atoms with Gasteiger partial charge in [-0.15, -0.1) is 23.2 Å². The van der Waals surface area contributed by atoms with Crippen LogP contribution in [0.25, 0.3) is 0 Å². The quantitative estimate of drug-likeness (QED) is 0.417. The molecule has 0 bridgehead atoms. The average Bonchev–Trinajstić information content (AvgIpc) is 1.79. The Kier molecular flexibility index (Phi) is 0.768. The van der Waals surface area contributed by atoms with Crippen LogP contribution in [0.1, 0.15) is 6.42 Å². The number of halogens is 2. The first kappa shape index (κ1) is 3.76. The molecule has 0 aromatic rings. The molecule has 0 amide bonds. The Labute approximate surface area is 41.1 Å². The summed E-state index contributed by atoms with van der Waals surface area (Å²) < 4.78 is 0. The van der Waals surface area contributed by atoms with Crippen molar-refractivity contribution in [1.82, 2.24) is 0 Å². The molecule has 0 aliphatic heterocycles. The van der Waals surface area contributed by atoms with E-state index in [0.29, 0.717) is 0 Å². The first-order valence-electron chi connectivity index (χ1n) is 1.46. The van der Waals surface area contributed by atoms with Crippen LogP contribution >= 0.6 is 23.2 Å². The van der Waals surface area contributed by atoms with Gasteiger partial charge in [-0.25, -0.2) is 0 Å². The highest BCUT2D eigenvalue weighted by molar-refractivity contribution is 6.39. The van der Waals surface area contributed by atoms with E-state index in [9.17, 15) is 0 Å². The summed E-state index contributed by atoms with van der Waals surface area (Å²) in [5, 5.41) is 1.11. The minimum Gasteiger partial charge on any atom is -0.121 e. The summed E-state index contributed by atoms with van der Waals surface area (Å²) in [6.07, 6.45) is 0.920. The number of hydrogen-bond donors (Lipinski definition) is 0. The SMILES string of the molecule is Cl[C]1CC1Cl. The third kappa shape index (κ3) is 0.704. The summed E-state index contributed by atoms with van der Waals surface area (Å²) >= 11 is 10.7. The van der Waals surface area contributed by atoms with E-state index < -0.39 is 0 Å². The van der Waals surface area contributed by atoms with Crippen LogP contribution in [0.4, 0.5) is 0 Å². The number of rotatable bonds is 0. The van der Waals surface area contributed by atoms with Crippen LogP contribution in [0.5, 0.6) is 0 Å². The maximum absolute atomic E-state index is 5.37. The van der Waals surface area contributed by atoms with Gasteiger partial charge in [0.2, 0.25) is 0 Å². The van der Waals surface area contributed by atoms with Crippen LogP contribution in [0, 0.1) is 5.38 Å². The second kappa shape index (κ2) is 1.02. The minimum absolute atomic E-state index is 0.205. The van der Waals surface area contributed by atoms with Crippen molar-refractivity contribution in [2.24, 2.45) is 0 Å². The molecule has 1 rings (SSSR count). The zero-order chi connectivity index (χ0) is 3.86. The van der Waals surface area contributed by atoms with Gasteiger partial charge in [-0.1, -0.05) is 0 Å². The molecule has 29 valence electrons. The average molecular weight is 110 g/mol. The van der Waals surface area contributed by atoms with Crippen molar-refractivity contribution < 1.29 is 0 Å². The molecule has 1 unspecified atom stereocenters. The molecule has 0 N–H and O–H groups in total. The van der Waals surface area contributed by atoms with Crippen LogP contribution in [0.15, 0.2) is 0 Å². The molecule has 0 heterocycles. The van der Waals surface area contributed by atoms with Gasteiger partial charge >= 0.3 is 0 Å². The molecule has 0 aromatic carbocycles. The van der Waals surface area contributed by atoms with Crippen molar-refractivity contribution in [3.05, 3.63) is 5.38 Å². The molecule has 0 spiro atoms. The van der Waals surface area contributed by atoms with Crippen LogP contribution < -0.4 is 0 Å². The smallest absolute Gasteiger partial charge is 0.0830 e. The Morgan fingerprint density at radius 2 is 2.00 bits per heavy atom. The van der Waals surface area contributed by atoms with Crippen molar-refractivity contribution in [3.63, 3.8) is 0 Å². The van der Waals surface area contributed by atoms with Crippen LogP contribution in [0.2, 0.25) is 0 Å². The van der Waals surface area contributed by atoms with Gasteiger partial charge in [-0.3, -0.25) is 0 Å². The second-order valence-electron chi connectivity index (χ2n) is 1.12. The highest BCUT2D eigenvalue weighted by Gasteiger charge is 2.33. The van der Waals surface area contributed by atoms with Gasteiger partial charge in [0.05, 0.1) is 10.8 Å². The molecule has 2 heteroatoms. The van der Waals surface area contributed by atoms with E-state index in [1.54, 1.807) is 0 Å². The second-order valence-corrected chi connectivity index (χ2v) is 2.13. The molecule has 1 saturated carbocycles. The molecule has 0 saturated heterocycles. The third-order valence-corrected chi connectivity index (χ3v) is 1.50. The van der Waals surface area contributed by atoms with Crippen molar-refractivity contribution in [2.45, 2.75) is 11.8 Å². The first-order valence-corrected chi connectivity index (χ1v) is 2.27. The van der Waals surface area contributed by atoms with Crippen LogP contribution in [-0.2, 0) is 0 Å². The predicted octanol–water partition coefficient (Wildman–Crippen LogP) is 1.77. The fourth-order valence-corrected chi connectivity index (χ4v) is 0.512. The van der Waals surface area contributed by atoms with E-state index in [1.807, 2.05) is 0 Å². The standard InChI is InChI=1S/C3H3Cl2/c4-2-1-3(2)5/h2H,1H2. The van der Waals surface area contributed by atoms with Gasteiger partial charge in [0.1, 0.15) is 0 Å². The summed E-state index contributed by atoms with van der Waals surface area (Å²) in [6.45, 7) is 0. The Balaban J connectivity index is 2.20. The summed E-state index contributed by atoms with van der Waals surface area (Å²) in [4.78, 5) is 0. The highest BCUT2D eigenvalue weighted by Crippen LogP contribution is 2.41. The summed E-state index contributed by atoms with van der Waals surface area (Å²) in [7, 11) is 0. The van der Waals surface area contributed by atoms with Crippen molar-refractivity contribution in [3.8, 4) is 0 Å². The summed E-state index contributed by atoms with van der Waals surface area (Å²) in [5.74, 6) is 0. The van der Waals surface area contributed by atoms with Crippen LogP contribution in [-0.4, -0.2) is 5.38 Å². The van der Waals surface area contributed by atoms with Gasteiger partial charge < -0.3 is 0 Å². The molecule has 1 atom stereocenters. The zero-order valence-electron chi connectivity index (χ0n) is 2.54. The number of alkyl halides is 1. The fraction of sp³-hybridized carbons (Fsp3) is 0.667. The molecule has 1 aliphatic rings. The largest absolute Gasteiger partial charge is 0.121 e. The topological polar surface area (TPSA) is 0 Å². The van der Waals surface area contributed by atoms with E-state index in [4.69, 9.17) is 23.2 Å². The zero-order valence-corrected chi connectivity index (χ0v) is 4.05. The van der Waals surface area contributed by atoms with Gasteiger partial charge in [-0.05, 0) is 6.42 Å². The normalized spacial score (nSPS) is 38.4. The predicted molar refractivity (Wildman–Crippen MR) is 23.4 cm³/mol. The van der Waals surface area contributed by atoms with E-state index in [2.05, 4.69) is 0 Å². The van der Waals surface area contributed by atoms with Crippen LogP contribution in [0.3, 0.4) is 0 Å². The van der Waals surface area contributed by atoms with E-state index in [1.165, 1.54) is 0 Å². The lowest BCUT2D eigenvalue weighted by atomic mass is 11.0. The molecule has 0 nitrogen and oxygen atoms in total. The molecular weight excluding hydrogens is 107 g/mol. The summed E-state index contributed by atoms with van der Waals surface area (Å²) in [6, 6.07) is 0. The third-order valence-electron chi connectivity index (χ3n) is 0.554. The maximum atomic E-state index is 5.37. The van der Waals surface area contributed by atoms with Crippen molar-refractivity contribution in [1.29, 1.82) is 0 Å². The Morgan fingerprint density at radius 3 is 2.00 bits per heavy atom. The summed E-state index contributed by atoms with van der Waals surface area (Å²) in [5.41, 5.74) is 0. The lowest BCUT2D eigenvalue weighted by Crippen LogP contribution is -1.54. The lowest BCUT2D eigenvalue weighted by molar-refractivity contribution is 1.50. The van der Waals surface area contributed by atoms with E-state index in [0.717, 1.165) is 11.8 Å². The van der Waals surface area contributed by atoms with Gasteiger partial charge in [0, 0.05) is 0 Å². The Bertz CT molecular complexity index is 38.2. The Hall–Kier alpha value is 0.580. The Morgan fingerprint density at radius 1 is 1.80 bits per heavy atom. The molecule has 1 radical (unpaired) electrons. The molecule has 0 aromatic heterocycles. The van der Waals surface area contributed by atoms with Gasteiger partial charge in [-0.2, -0.15) is 0 Å². The monoisotopic (exact) mass is 109 g/mol. The highest BCUT2D eigenvalue weighted by atomic mass is 35.5. The van der Waals surface area contributed by atoms with Gasteiger partial charge in [0.25, 0.3) is 0 Å². The van der Waals surface area contributed by atoms with E-state index >= 15 is 0 Å².